The molecule has 0 saturated heterocycles. The van der Waals surface area contributed by atoms with Crippen LogP contribution >= 0.6 is 0 Å². The van der Waals surface area contributed by atoms with Crippen molar-refractivity contribution in [3.8, 4) is 5.75 Å². The molecule has 0 aliphatic carbocycles. The maximum Gasteiger partial charge on any atom is 0.255 e. The molecule has 0 bridgehead atoms. The average Bonchev–Trinajstić information content (AvgIpc) is 3.18. The van der Waals surface area contributed by atoms with Crippen LogP contribution < -0.4 is 15.4 Å². The summed E-state index contributed by atoms with van der Waals surface area (Å²) < 4.78 is 10.3. The number of nitrogens with one attached hydrogen (secondary N) is 2. The normalized spacial score (nSPS) is 13.9. The van der Waals surface area contributed by atoms with Gasteiger partial charge in [0, 0.05) is 12.1 Å². The predicted octanol–water partition coefficient (Wildman–Crippen LogP) is 1.97. The summed E-state index contributed by atoms with van der Waals surface area (Å²) in [5.41, 5.74) is 2.15. The van der Waals surface area contributed by atoms with Crippen LogP contribution in [0.3, 0.4) is 0 Å². The molecule has 6 nitrogen and oxygen atoms in total. The first kappa shape index (κ1) is 14.2. The molecule has 1 atom stereocenters. The molecule has 3 rings (SSSR count). The lowest BCUT2D eigenvalue weighted by Gasteiger charge is -2.14. The van der Waals surface area contributed by atoms with Crippen molar-refractivity contribution in [2.75, 3.05) is 11.9 Å². The number of hydrogen-bond acceptors (Lipinski definition) is 4. The molecule has 0 unspecified atom stereocenters. The van der Waals surface area contributed by atoms with Gasteiger partial charge in [0.2, 0.25) is 5.91 Å². The Morgan fingerprint density at radius 3 is 2.91 bits per heavy atom. The molecule has 2 N–H and O–H groups in total. The maximum atomic E-state index is 12.1. The van der Waals surface area contributed by atoms with Crippen molar-refractivity contribution in [1.82, 2.24) is 5.32 Å². The van der Waals surface area contributed by atoms with Gasteiger partial charge in [-0.1, -0.05) is 0 Å². The van der Waals surface area contributed by atoms with E-state index >= 15 is 0 Å². The Kier molecular flexibility index (Phi) is 3.82. The average molecular weight is 300 g/mol. The summed E-state index contributed by atoms with van der Waals surface area (Å²) in [4.78, 5) is 24.0. The monoisotopic (exact) mass is 300 g/mol. The first-order valence-electron chi connectivity index (χ1n) is 7.03. The first-order valence-corrected chi connectivity index (χ1v) is 7.03. The van der Waals surface area contributed by atoms with E-state index in [2.05, 4.69) is 10.6 Å². The standard InChI is InChI=1S/C16H16N2O4/c1-10(17-16(20)12-4-6-21-9-12)15(19)18-13-2-3-14-11(8-13)5-7-22-14/h2-4,6,8-10H,5,7H2,1H3,(H,17,20)(H,18,19)/t10-/m0/s1. The number of rotatable bonds is 4. The van der Waals surface area contributed by atoms with E-state index in [9.17, 15) is 9.59 Å². The Bertz CT molecular complexity index is 694. The van der Waals surface area contributed by atoms with Crippen molar-refractivity contribution in [2.45, 2.75) is 19.4 Å². The Labute approximate surface area is 127 Å². The van der Waals surface area contributed by atoms with Crippen molar-refractivity contribution in [2.24, 2.45) is 0 Å². The van der Waals surface area contributed by atoms with Gasteiger partial charge in [-0.25, -0.2) is 0 Å². The molecule has 0 radical (unpaired) electrons. The highest BCUT2D eigenvalue weighted by Gasteiger charge is 2.18. The molecule has 1 aliphatic heterocycles. The number of anilines is 1. The van der Waals surface area contributed by atoms with E-state index in [1.54, 1.807) is 19.1 Å². The minimum Gasteiger partial charge on any atom is -0.493 e. The topological polar surface area (TPSA) is 80.6 Å². The van der Waals surface area contributed by atoms with Crippen LogP contribution in [0.2, 0.25) is 0 Å². The van der Waals surface area contributed by atoms with Crippen LogP contribution in [-0.4, -0.2) is 24.5 Å². The number of benzene rings is 1. The van der Waals surface area contributed by atoms with Gasteiger partial charge in [0.15, 0.2) is 0 Å². The molecule has 0 saturated carbocycles. The number of hydrogen-bond donors (Lipinski definition) is 2. The fourth-order valence-corrected chi connectivity index (χ4v) is 2.25. The van der Waals surface area contributed by atoms with Gasteiger partial charge in [-0.05, 0) is 36.8 Å². The number of carbonyl (C=O) groups is 2. The van der Waals surface area contributed by atoms with Gasteiger partial charge in [0.1, 0.15) is 18.1 Å². The molecule has 114 valence electrons. The molecule has 2 heterocycles. The molecule has 0 spiro atoms. The van der Waals surface area contributed by atoms with Gasteiger partial charge >= 0.3 is 0 Å². The minimum atomic E-state index is -0.660. The summed E-state index contributed by atoms with van der Waals surface area (Å²) in [5, 5.41) is 5.41. The van der Waals surface area contributed by atoms with Gasteiger partial charge in [0.05, 0.1) is 18.4 Å². The van der Waals surface area contributed by atoms with E-state index in [4.69, 9.17) is 9.15 Å². The van der Waals surface area contributed by atoms with Gasteiger partial charge in [0.25, 0.3) is 5.91 Å². The maximum absolute atomic E-state index is 12.1. The molecule has 22 heavy (non-hydrogen) atoms. The highest BCUT2D eigenvalue weighted by Crippen LogP contribution is 2.27. The number of ether oxygens (including phenoxy) is 1. The molecule has 1 aromatic carbocycles. The van der Waals surface area contributed by atoms with Gasteiger partial charge in [-0.3, -0.25) is 9.59 Å². The molecular formula is C16H16N2O4. The molecule has 1 aliphatic rings. The fourth-order valence-electron chi connectivity index (χ4n) is 2.25. The van der Waals surface area contributed by atoms with Crippen LogP contribution in [0.4, 0.5) is 5.69 Å². The van der Waals surface area contributed by atoms with Crippen LogP contribution in [0.1, 0.15) is 22.8 Å². The van der Waals surface area contributed by atoms with Crippen molar-refractivity contribution in [1.29, 1.82) is 0 Å². The summed E-state index contributed by atoms with van der Waals surface area (Å²) in [6, 6.07) is 6.40. The number of furan rings is 1. The van der Waals surface area contributed by atoms with E-state index in [0.717, 1.165) is 17.7 Å². The Morgan fingerprint density at radius 2 is 2.14 bits per heavy atom. The SMILES string of the molecule is C[C@H](NC(=O)c1ccoc1)C(=O)Nc1ccc2c(c1)CCO2. The Hall–Kier alpha value is -2.76. The van der Waals surface area contributed by atoms with Crippen LogP contribution in [0.25, 0.3) is 0 Å². The zero-order valence-electron chi connectivity index (χ0n) is 12.1. The van der Waals surface area contributed by atoms with Crippen molar-refractivity contribution in [3.63, 3.8) is 0 Å². The zero-order valence-corrected chi connectivity index (χ0v) is 12.1. The van der Waals surface area contributed by atoms with E-state index in [-0.39, 0.29) is 11.8 Å². The lowest BCUT2D eigenvalue weighted by atomic mass is 10.1. The largest absolute Gasteiger partial charge is 0.493 e. The first-order chi connectivity index (χ1) is 10.6. The number of amides is 2. The van der Waals surface area contributed by atoms with Crippen LogP contribution in [0.5, 0.6) is 5.75 Å². The lowest BCUT2D eigenvalue weighted by Crippen LogP contribution is -2.41. The molecule has 0 fully saturated rings. The highest BCUT2D eigenvalue weighted by molar-refractivity contribution is 6.00. The summed E-state index contributed by atoms with van der Waals surface area (Å²) >= 11 is 0. The van der Waals surface area contributed by atoms with Crippen molar-refractivity contribution < 1.29 is 18.7 Å². The molecule has 2 aromatic rings. The third-order valence-electron chi connectivity index (χ3n) is 3.48. The summed E-state index contributed by atoms with van der Waals surface area (Å²) in [7, 11) is 0. The van der Waals surface area contributed by atoms with Crippen LogP contribution in [0.15, 0.2) is 41.2 Å². The fraction of sp³-hybridized carbons (Fsp3) is 0.250. The zero-order chi connectivity index (χ0) is 15.5. The van der Waals surface area contributed by atoms with Gasteiger partial charge < -0.3 is 19.8 Å². The molecule has 6 heteroatoms. The smallest absolute Gasteiger partial charge is 0.255 e. The van der Waals surface area contributed by atoms with E-state index < -0.39 is 6.04 Å². The van der Waals surface area contributed by atoms with E-state index in [1.807, 2.05) is 12.1 Å². The van der Waals surface area contributed by atoms with Crippen molar-refractivity contribution >= 4 is 17.5 Å². The third kappa shape index (κ3) is 2.95. The van der Waals surface area contributed by atoms with Gasteiger partial charge in [-0.15, -0.1) is 0 Å². The summed E-state index contributed by atoms with van der Waals surface area (Å²) in [6.45, 7) is 2.30. The summed E-state index contributed by atoms with van der Waals surface area (Å²) in [6.07, 6.45) is 3.58. The Balaban J connectivity index is 1.60. The minimum absolute atomic E-state index is 0.282. The second-order valence-electron chi connectivity index (χ2n) is 5.12. The van der Waals surface area contributed by atoms with Crippen molar-refractivity contribution in [3.05, 3.63) is 47.9 Å². The van der Waals surface area contributed by atoms with Crippen LogP contribution in [0, 0.1) is 0 Å². The Morgan fingerprint density at radius 1 is 1.27 bits per heavy atom. The predicted molar refractivity (Wildman–Crippen MR) is 79.9 cm³/mol. The lowest BCUT2D eigenvalue weighted by molar-refractivity contribution is -0.117. The highest BCUT2D eigenvalue weighted by atomic mass is 16.5. The molecule has 2 amide bonds. The summed E-state index contributed by atoms with van der Waals surface area (Å²) in [5.74, 6) is 0.230. The van der Waals surface area contributed by atoms with Gasteiger partial charge in [-0.2, -0.15) is 0 Å². The third-order valence-corrected chi connectivity index (χ3v) is 3.48. The second-order valence-corrected chi connectivity index (χ2v) is 5.12. The van der Waals surface area contributed by atoms with E-state index in [0.29, 0.717) is 17.9 Å². The molecular weight excluding hydrogens is 284 g/mol. The molecule has 1 aromatic heterocycles. The van der Waals surface area contributed by atoms with E-state index in [1.165, 1.54) is 12.5 Å². The van der Waals surface area contributed by atoms with Crippen LogP contribution in [-0.2, 0) is 11.2 Å². The second kappa shape index (κ2) is 5.93. The quantitative estimate of drug-likeness (QED) is 0.904. The number of carbonyl (C=O) groups excluding carboxylic acids is 2. The number of fused-ring (bicyclic) bond motifs is 1.